The molecular formula is C18H23ClN2O4. The number of carbonyl (C=O) groups is 2. The summed E-state index contributed by atoms with van der Waals surface area (Å²) in [5.41, 5.74) is 0. The number of halogens is 1. The highest BCUT2D eigenvalue weighted by molar-refractivity contribution is 6.30. The van der Waals surface area contributed by atoms with Crippen molar-refractivity contribution < 1.29 is 19.1 Å². The number of alkyl carbamates (subject to hydrolysis) is 1. The molecule has 2 amide bonds. The second-order valence-corrected chi connectivity index (χ2v) is 6.28. The van der Waals surface area contributed by atoms with Crippen LogP contribution in [0.15, 0.2) is 36.9 Å². The fourth-order valence-corrected chi connectivity index (χ4v) is 2.74. The zero-order chi connectivity index (χ0) is 18.2. The van der Waals surface area contributed by atoms with Crippen molar-refractivity contribution in [1.29, 1.82) is 0 Å². The number of hydrogen-bond acceptors (Lipinski definition) is 4. The van der Waals surface area contributed by atoms with Gasteiger partial charge in [0.05, 0.1) is 0 Å². The number of hydrogen-bond donors (Lipinski definition) is 1. The van der Waals surface area contributed by atoms with Gasteiger partial charge in [0.15, 0.2) is 6.10 Å². The van der Waals surface area contributed by atoms with E-state index in [0.717, 1.165) is 0 Å². The number of piperidine rings is 1. The van der Waals surface area contributed by atoms with Gasteiger partial charge in [0.25, 0.3) is 5.91 Å². The Morgan fingerprint density at radius 2 is 2.00 bits per heavy atom. The minimum atomic E-state index is -0.580. The van der Waals surface area contributed by atoms with E-state index in [4.69, 9.17) is 21.1 Å². The summed E-state index contributed by atoms with van der Waals surface area (Å²) in [6.45, 7) is 6.54. The Morgan fingerprint density at radius 3 is 2.60 bits per heavy atom. The van der Waals surface area contributed by atoms with E-state index >= 15 is 0 Å². The number of benzene rings is 1. The summed E-state index contributed by atoms with van der Waals surface area (Å²) in [6.07, 6.45) is 1.85. The minimum absolute atomic E-state index is 0.00820. The fourth-order valence-electron chi connectivity index (χ4n) is 2.61. The van der Waals surface area contributed by atoms with Crippen LogP contribution in [0.3, 0.4) is 0 Å². The molecule has 1 aliphatic rings. The van der Waals surface area contributed by atoms with Crippen molar-refractivity contribution in [2.24, 2.45) is 0 Å². The monoisotopic (exact) mass is 366 g/mol. The SMILES string of the molecule is C=CCOC(=O)NC1CCN(C(=O)C(C)Oc2ccc(Cl)cc2)CC1. The maximum absolute atomic E-state index is 12.5. The molecule has 0 bridgehead atoms. The number of nitrogens with zero attached hydrogens (tertiary/aromatic N) is 1. The van der Waals surface area contributed by atoms with Crippen molar-refractivity contribution in [3.63, 3.8) is 0 Å². The first-order chi connectivity index (χ1) is 12.0. The fraction of sp³-hybridized carbons (Fsp3) is 0.444. The van der Waals surface area contributed by atoms with Crippen LogP contribution in [0.5, 0.6) is 5.75 Å². The van der Waals surface area contributed by atoms with Crippen molar-refractivity contribution in [3.8, 4) is 5.75 Å². The highest BCUT2D eigenvalue weighted by Gasteiger charge is 2.27. The number of likely N-dealkylation sites (tertiary alicyclic amines) is 1. The second kappa shape index (κ2) is 9.32. The van der Waals surface area contributed by atoms with Gasteiger partial charge in [-0.3, -0.25) is 4.79 Å². The molecule has 0 spiro atoms. The van der Waals surface area contributed by atoms with Gasteiger partial charge in [0, 0.05) is 24.2 Å². The molecule has 0 aliphatic carbocycles. The molecule has 1 aromatic rings. The summed E-state index contributed by atoms with van der Waals surface area (Å²) in [4.78, 5) is 25.8. The van der Waals surface area contributed by atoms with E-state index in [2.05, 4.69) is 11.9 Å². The zero-order valence-electron chi connectivity index (χ0n) is 14.2. The van der Waals surface area contributed by atoms with Crippen molar-refractivity contribution in [2.75, 3.05) is 19.7 Å². The summed E-state index contributed by atoms with van der Waals surface area (Å²) in [6, 6.07) is 6.91. The molecule has 0 radical (unpaired) electrons. The van der Waals surface area contributed by atoms with Crippen LogP contribution in [0.4, 0.5) is 4.79 Å². The predicted molar refractivity (Wildman–Crippen MR) is 95.8 cm³/mol. The maximum atomic E-state index is 12.5. The molecule has 1 heterocycles. The zero-order valence-corrected chi connectivity index (χ0v) is 15.0. The average molecular weight is 367 g/mol. The Balaban J connectivity index is 1.77. The van der Waals surface area contributed by atoms with E-state index in [1.54, 1.807) is 36.1 Å². The van der Waals surface area contributed by atoms with E-state index < -0.39 is 12.2 Å². The third-order valence-electron chi connectivity index (χ3n) is 3.94. The van der Waals surface area contributed by atoms with Crippen LogP contribution >= 0.6 is 11.6 Å². The second-order valence-electron chi connectivity index (χ2n) is 5.85. The lowest BCUT2D eigenvalue weighted by molar-refractivity contribution is -0.139. The molecule has 1 N–H and O–H groups in total. The summed E-state index contributed by atoms with van der Waals surface area (Å²) in [5, 5.41) is 3.41. The van der Waals surface area contributed by atoms with E-state index in [9.17, 15) is 9.59 Å². The topological polar surface area (TPSA) is 67.9 Å². The quantitative estimate of drug-likeness (QED) is 0.786. The highest BCUT2D eigenvalue weighted by atomic mass is 35.5. The highest BCUT2D eigenvalue weighted by Crippen LogP contribution is 2.18. The maximum Gasteiger partial charge on any atom is 0.407 e. The molecule has 1 aliphatic heterocycles. The van der Waals surface area contributed by atoms with E-state index in [1.165, 1.54) is 6.08 Å². The summed E-state index contributed by atoms with van der Waals surface area (Å²) in [7, 11) is 0. The third kappa shape index (κ3) is 5.98. The molecule has 2 rings (SSSR count). The summed E-state index contributed by atoms with van der Waals surface area (Å²) >= 11 is 5.84. The normalized spacial score (nSPS) is 16.0. The number of carbonyl (C=O) groups excluding carboxylic acids is 2. The molecular weight excluding hydrogens is 344 g/mol. The Labute approximate surface area is 152 Å². The lowest BCUT2D eigenvalue weighted by atomic mass is 10.0. The van der Waals surface area contributed by atoms with Crippen LogP contribution in [0.25, 0.3) is 0 Å². The van der Waals surface area contributed by atoms with Gasteiger partial charge in [-0.25, -0.2) is 4.79 Å². The molecule has 7 heteroatoms. The molecule has 0 aromatic heterocycles. The van der Waals surface area contributed by atoms with Gasteiger partial charge < -0.3 is 19.7 Å². The Hall–Kier alpha value is -2.21. The van der Waals surface area contributed by atoms with Gasteiger partial charge in [-0.2, -0.15) is 0 Å². The van der Waals surface area contributed by atoms with Gasteiger partial charge in [0.1, 0.15) is 12.4 Å². The molecule has 1 aromatic carbocycles. The summed E-state index contributed by atoms with van der Waals surface area (Å²) < 4.78 is 10.6. The first kappa shape index (κ1) is 19.1. The van der Waals surface area contributed by atoms with Gasteiger partial charge in [-0.15, -0.1) is 0 Å². The number of nitrogens with one attached hydrogen (secondary N) is 1. The smallest absolute Gasteiger partial charge is 0.407 e. The van der Waals surface area contributed by atoms with Gasteiger partial charge in [-0.1, -0.05) is 24.3 Å². The van der Waals surface area contributed by atoms with Crippen LogP contribution in [0.1, 0.15) is 19.8 Å². The first-order valence-electron chi connectivity index (χ1n) is 8.24. The third-order valence-corrected chi connectivity index (χ3v) is 4.19. The Morgan fingerprint density at radius 1 is 1.36 bits per heavy atom. The number of amides is 2. The molecule has 136 valence electrons. The average Bonchev–Trinajstić information content (AvgIpc) is 2.62. The van der Waals surface area contributed by atoms with Crippen molar-refractivity contribution in [2.45, 2.75) is 31.9 Å². The van der Waals surface area contributed by atoms with Crippen molar-refractivity contribution in [1.82, 2.24) is 10.2 Å². The van der Waals surface area contributed by atoms with Gasteiger partial charge in [-0.05, 0) is 44.0 Å². The molecule has 25 heavy (non-hydrogen) atoms. The standard InChI is InChI=1S/C18H23ClN2O4/c1-3-12-24-18(23)20-15-8-10-21(11-9-15)17(22)13(2)25-16-6-4-14(19)5-7-16/h3-7,13,15H,1,8-12H2,2H3,(H,20,23). The van der Waals surface area contributed by atoms with Crippen LogP contribution in [0.2, 0.25) is 5.02 Å². The van der Waals surface area contributed by atoms with Crippen molar-refractivity contribution in [3.05, 3.63) is 41.9 Å². The van der Waals surface area contributed by atoms with Gasteiger partial charge in [0.2, 0.25) is 0 Å². The van der Waals surface area contributed by atoms with Crippen LogP contribution in [0, 0.1) is 0 Å². The molecule has 0 saturated carbocycles. The lowest BCUT2D eigenvalue weighted by Gasteiger charge is -2.33. The first-order valence-corrected chi connectivity index (χ1v) is 8.62. The lowest BCUT2D eigenvalue weighted by Crippen LogP contribution is -2.49. The number of rotatable bonds is 6. The molecule has 1 fully saturated rings. The van der Waals surface area contributed by atoms with E-state index in [-0.39, 0.29) is 18.6 Å². The Bertz CT molecular complexity index is 598. The predicted octanol–water partition coefficient (Wildman–Crippen LogP) is 3.01. The van der Waals surface area contributed by atoms with Crippen LogP contribution in [-0.4, -0.2) is 48.7 Å². The minimum Gasteiger partial charge on any atom is -0.481 e. The van der Waals surface area contributed by atoms with Crippen molar-refractivity contribution >= 4 is 23.6 Å². The molecule has 6 nitrogen and oxygen atoms in total. The number of ether oxygens (including phenoxy) is 2. The molecule has 1 unspecified atom stereocenters. The Kier molecular flexibility index (Phi) is 7.13. The van der Waals surface area contributed by atoms with Crippen LogP contribution in [-0.2, 0) is 9.53 Å². The van der Waals surface area contributed by atoms with Gasteiger partial charge >= 0.3 is 6.09 Å². The van der Waals surface area contributed by atoms with E-state index in [1.807, 2.05) is 0 Å². The van der Waals surface area contributed by atoms with Crippen LogP contribution < -0.4 is 10.1 Å². The molecule has 1 atom stereocenters. The largest absolute Gasteiger partial charge is 0.481 e. The van der Waals surface area contributed by atoms with E-state index in [0.29, 0.717) is 36.7 Å². The molecule has 1 saturated heterocycles. The summed E-state index contributed by atoms with van der Waals surface area (Å²) in [5.74, 6) is 0.536.